The Bertz CT molecular complexity index is 791. The smallest absolute Gasteiger partial charge is 0.337 e. The summed E-state index contributed by atoms with van der Waals surface area (Å²) in [7, 11) is 1.27. The van der Waals surface area contributed by atoms with Crippen LogP contribution in [0, 0.1) is 0 Å². The fourth-order valence-electron chi connectivity index (χ4n) is 1.77. The number of anilines is 2. The molecule has 124 valence electrons. The summed E-state index contributed by atoms with van der Waals surface area (Å²) in [5, 5.41) is 5.41. The third-order valence-electron chi connectivity index (χ3n) is 2.95. The second-order valence-electron chi connectivity index (χ2n) is 4.60. The van der Waals surface area contributed by atoms with Crippen LogP contribution in [0.15, 0.2) is 42.5 Å². The fraction of sp³-hybridized carbons (Fsp3) is 0.0625. The largest absolute Gasteiger partial charge is 0.465 e. The van der Waals surface area contributed by atoms with Gasteiger partial charge in [-0.15, -0.1) is 0 Å². The van der Waals surface area contributed by atoms with Crippen LogP contribution in [0.5, 0.6) is 0 Å². The number of esters is 1. The molecule has 0 spiro atoms. The van der Waals surface area contributed by atoms with Gasteiger partial charge < -0.3 is 15.4 Å². The average Bonchev–Trinajstić information content (AvgIpc) is 2.57. The molecule has 0 radical (unpaired) electrons. The van der Waals surface area contributed by atoms with Gasteiger partial charge in [0.1, 0.15) is 0 Å². The molecule has 0 aliphatic rings. The normalized spacial score (nSPS) is 9.96. The molecule has 2 rings (SSSR count). The SMILES string of the molecule is COC(=O)c1ccc(NC(=O)C(=O)Nc2ccc(Cl)cc2Cl)cc1. The van der Waals surface area contributed by atoms with E-state index in [9.17, 15) is 14.4 Å². The van der Waals surface area contributed by atoms with Crippen LogP contribution in [0.25, 0.3) is 0 Å². The van der Waals surface area contributed by atoms with Gasteiger partial charge in [0.15, 0.2) is 0 Å². The van der Waals surface area contributed by atoms with Crippen molar-refractivity contribution in [2.45, 2.75) is 0 Å². The van der Waals surface area contributed by atoms with E-state index in [0.717, 1.165) is 0 Å². The molecule has 2 aromatic rings. The van der Waals surface area contributed by atoms with Gasteiger partial charge in [-0.25, -0.2) is 4.79 Å². The monoisotopic (exact) mass is 366 g/mol. The molecular formula is C16H12Cl2N2O4. The lowest BCUT2D eigenvalue weighted by Gasteiger charge is -2.08. The van der Waals surface area contributed by atoms with E-state index >= 15 is 0 Å². The predicted molar refractivity (Wildman–Crippen MR) is 91.5 cm³/mol. The molecular weight excluding hydrogens is 355 g/mol. The van der Waals surface area contributed by atoms with Gasteiger partial charge >= 0.3 is 17.8 Å². The highest BCUT2D eigenvalue weighted by Gasteiger charge is 2.16. The third kappa shape index (κ3) is 4.47. The molecule has 0 aliphatic carbocycles. The van der Waals surface area contributed by atoms with Crippen LogP contribution < -0.4 is 10.6 Å². The summed E-state index contributed by atoms with van der Waals surface area (Å²) in [6.45, 7) is 0. The Morgan fingerprint density at radius 2 is 1.54 bits per heavy atom. The number of halogens is 2. The van der Waals surface area contributed by atoms with Crippen LogP contribution >= 0.6 is 23.2 Å². The topological polar surface area (TPSA) is 84.5 Å². The van der Waals surface area contributed by atoms with Crippen molar-refractivity contribution in [1.29, 1.82) is 0 Å². The Morgan fingerprint density at radius 1 is 0.917 bits per heavy atom. The van der Waals surface area contributed by atoms with Crippen molar-refractivity contribution in [3.63, 3.8) is 0 Å². The van der Waals surface area contributed by atoms with E-state index < -0.39 is 17.8 Å². The summed E-state index contributed by atoms with van der Waals surface area (Å²) >= 11 is 11.7. The lowest BCUT2D eigenvalue weighted by Crippen LogP contribution is -2.29. The third-order valence-corrected chi connectivity index (χ3v) is 3.50. The Morgan fingerprint density at radius 3 is 2.12 bits per heavy atom. The quantitative estimate of drug-likeness (QED) is 0.644. The average molecular weight is 367 g/mol. The number of carbonyl (C=O) groups is 3. The molecule has 0 saturated heterocycles. The van der Waals surface area contributed by atoms with Crippen LogP contribution in [0.2, 0.25) is 10.0 Å². The minimum atomic E-state index is -0.892. The number of methoxy groups -OCH3 is 1. The van der Waals surface area contributed by atoms with Crippen LogP contribution in [0.1, 0.15) is 10.4 Å². The van der Waals surface area contributed by atoms with Gasteiger partial charge in [0, 0.05) is 10.7 Å². The summed E-state index contributed by atoms with van der Waals surface area (Å²) in [5.41, 5.74) is 0.945. The van der Waals surface area contributed by atoms with E-state index in [1.807, 2.05) is 0 Å². The van der Waals surface area contributed by atoms with Crippen molar-refractivity contribution in [2.24, 2.45) is 0 Å². The predicted octanol–water partition coefficient (Wildman–Crippen LogP) is 3.36. The molecule has 0 heterocycles. The van der Waals surface area contributed by atoms with Gasteiger partial charge in [-0.05, 0) is 42.5 Å². The minimum Gasteiger partial charge on any atom is -0.465 e. The zero-order chi connectivity index (χ0) is 17.7. The van der Waals surface area contributed by atoms with Gasteiger partial charge in [0.25, 0.3) is 0 Å². The number of hydrogen-bond donors (Lipinski definition) is 2. The maximum absolute atomic E-state index is 11.9. The number of ether oxygens (including phenoxy) is 1. The van der Waals surface area contributed by atoms with E-state index in [0.29, 0.717) is 16.3 Å². The first kappa shape index (κ1) is 17.8. The Labute approximate surface area is 147 Å². The Hall–Kier alpha value is -2.57. The van der Waals surface area contributed by atoms with E-state index in [4.69, 9.17) is 23.2 Å². The molecule has 0 unspecified atom stereocenters. The molecule has 0 aliphatic heterocycles. The van der Waals surface area contributed by atoms with Crippen molar-refractivity contribution in [2.75, 3.05) is 17.7 Å². The summed E-state index contributed by atoms with van der Waals surface area (Å²) in [4.78, 5) is 35.1. The second kappa shape index (κ2) is 7.81. The van der Waals surface area contributed by atoms with Crippen molar-refractivity contribution in [3.05, 3.63) is 58.1 Å². The summed E-state index contributed by atoms with van der Waals surface area (Å²) in [6, 6.07) is 10.4. The van der Waals surface area contributed by atoms with Gasteiger partial charge in [-0.1, -0.05) is 23.2 Å². The van der Waals surface area contributed by atoms with Crippen molar-refractivity contribution >= 4 is 52.4 Å². The first-order valence-corrected chi connectivity index (χ1v) is 7.42. The van der Waals surface area contributed by atoms with Crippen molar-refractivity contribution in [1.82, 2.24) is 0 Å². The molecule has 0 fully saturated rings. The number of nitrogens with one attached hydrogen (secondary N) is 2. The fourth-order valence-corrected chi connectivity index (χ4v) is 2.22. The van der Waals surface area contributed by atoms with E-state index in [1.165, 1.54) is 49.6 Å². The molecule has 8 heteroatoms. The van der Waals surface area contributed by atoms with E-state index in [-0.39, 0.29) is 10.7 Å². The van der Waals surface area contributed by atoms with Gasteiger partial charge in [-0.2, -0.15) is 0 Å². The number of rotatable bonds is 3. The van der Waals surface area contributed by atoms with Crippen LogP contribution in [0.3, 0.4) is 0 Å². The molecule has 0 atom stereocenters. The number of hydrogen-bond acceptors (Lipinski definition) is 4. The first-order chi connectivity index (χ1) is 11.4. The number of carbonyl (C=O) groups excluding carboxylic acids is 3. The zero-order valence-corrected chi connectivity index (χ0v) is 13.9. The maximum atomic E-state index is 11.9. The highest BCUT2D eigenvalue weighted by atomic mass is 35.5. The molecule has 0 saturated carbocycles. The van der Waals surface area contributed by atoms with E-state index in [1.54, 1.807) is 0 Å². The van der Waals surface area contributed by atoms with Crippen LogP contribution in [0.4, 0.5) is 11.4 Å². The van der Waals surface area contributed by atoms with Crippen LogP contribution in [-0.4, -0.2) is 24.9 Å². The second-order valence-corrected chi connectivity index (χ2v) is 5.44. The van der Waals surface area contributed by atoms with Gasteiger partial charge in [0.05, 0.1) is 23.4 Å². The molecule has 0 bridgehead atoms. The maximum Gasteiger partial charge on any atom is 0.337 e. The summed E-state index contributed by atoms with van der Waals surface area (Å²) < 4.78 is 4.57. The van der Waals surface area contributed by atoms with Gasteiger partial charge in [0.2, 0.25) is 0 Å². The van der Waals surface area contributed by atoms with Crippen molar-refractivity contribution < 1.29 is 19.1 Å². The standard InChI is InChI=1S/C16H12Cl2N2O4/c1-24-16(23)9-2-5-11(6-3-9)19-14(21)15(22)20-13-7-4-10(17)8-12(13)18/h2-8H,1H3,(H,19,21)(H,20,22). The molecule has 0 aromatic heterocycles. The lowest BCUT2D eigenvalue weighted by molar-refractivity contribution is -0.132. The molecule has 24 heavy (non-hydrogen) atoms. The highest BCUT2D eigenvalue weighted by Crippen LogP contribution is 2.25. The summed E-state index contributed by atoms with van der Waals surface area (Å²) in [5.74, 6) is -2.27. The zero-order valence-electron chi connectivity index (χ0n) is 12.4. The van der Waals surface area contributed by atoms with Crippen molar-refractivity contribution in [3.8, 4) is 0 Å². The van der Waals surface area contributed by atoms with Crippen LogP contribution in [-0.2, 0) is 14.3 Å². The molecule has 2 aromatic carbocycles. The highest BCUT2D eigenvalue weighted by molar-refractivity contribution is 6.45. The van der Waals surface area contributed by atoms with E-state index in [2.05, 4.69) is 15.4 Å². The minimum absolute atomic E-state index is 0.214. The Balaban J connectivity index is 2.01. The van der Waals surface area contributed by atoms with Gasteiger partial charge in [-0.3, -0.25) is 9.59 Å². The summed E-state index contributed by atoms with van der Waals surface area (Å²) in [6.07, 6.45) is 0. The first-order valence-electron chi connectivity index (χ1n) is 6.66. The lowest BCUT2D eigenvalue weighted by atomic mass is 10.2. The molecule has 2 amide bonds. The Kier molecular flexibility index (Phi) is 5.78. The molecule has 6 nitrogen and oxygen atoms in total. The number of amides is 2. The number of benzene rings is 2. The molecule has 2 N–H and O–H groups in total.